The minimum absolute atomic E-state index is 0.0196. The number of hydrogen-bond acceptors (Lipinski definition) is 4. The second-order valence-electron chi connectivity index (χ2n) is 3.56. The van der Waals surface area contributed by atoms with E-state index in [1.54, 1.807) is 13.8 Å². The molecule has 19 heavy (non-hydrogen) atoms. The van der Waals surface area contributed by atoms with Crippen LogP contribution < -0.4 is 0 Å². The Morgan fingerprint density at radius 2 is 2.05 bits per heavy atom. The standard InChI is InChI=1S/C12H11ClO4.C2H6/c1-3-16-12(15)10-6(2)17-11-8(10)4-7(14)5-9(11)13;1-2/h4-5,14H,3H2,1-2H3;1-2H3. The molecule has 0 saturated carbocycles. The van der Waals surface area contributed by atoms with Gasteiger partial charge >= 0.3 is 5.97 Å². The Kier molecular flexibility index (Phi) is 5.24. The number of rotatable bonds is 2. The predicted octanol–water partition coefficient (Wildman–Crippen LogP) is 4.30. The van der Waals surface area contributed by atoms with Gasteiger partial charge in [0, 0.05) is 11.5 Å². The summed E-state index contributed by atoms with van der Waals surface area (Å²) in [6.07, 6.45) is 0. The quantitative estimate of drug-likeness (QED) is 0.835. The molecule has 0 unspecified atom stereocenters. The average molecular weight is 285 g/mol. The highest BCUT2D eigenvalue weighted by Crippen LogP contribution is 2.34. The summed E-state index contributed by atoms with van der Waals surface area (Å²) in [5.41, 5.74) is 0.685. The molecule has 0 radical (unpaired) electrons. The third kappa shape index (κ3) is 3.01. The molecule has 1 N–H and O–H groups in total. The van der Waals surface area contributed by atoms with E-state index >= 15 is 0 Å². The van der Waals surface area contributed by atoms with Crippen molar-refractivity contribution < 1.29 is 19.1 Å². The lowest BCUT2D eigenvalue weighted by Crippen LogP contribution is -2.05. The molecule has 0 aliphatic carbocycles. The third-order valence-corrected chi connectivity index (χ3v) is 2.67. The van der Waals surface area contributed by atoms with Crippen molar-refractivity contribution in [3.05, 3.63) is 28.5 Å². The molecule has 0 spiro atoms. The van der Waals surface area contributed by atoms with Crippen molar-refractivity contribution in [2.45, 2.75) is 27.7 Å². The Balaban J connectivity index is 0.000000861. The van der Waals surface area contributed by atoms with Crippen molar-refractivity contribution in [3.63, 3.8) is 0 Å². The first kappa shape index (κ1) is 15.4. The first-order chi connectivity index (χ1) is 9.04. The van der Waals surface area contributed by atoms with Gasteiger partial charge in [0.05, 0.1) is 11.6 Å². The fourth-order valence-corrected chi connectivity index (χ4v) is 1.97. The number of furan rings is 1. The minimum Gasteiger partial charge on any atom is -0.508 e. The van der Waals surface area contributed by atoms with Gasteiger partial charge in [0.1, 0.15) is 17.1 Å². The first-order valence-electron chi connectivity index (χ1n) is 6.13. The molecular weight excluding hydrogens is 268 g/mol. The van der Waals surface area contributed by atoms with E-state index in [4.69, 9.17) is 20.8 Å². The summed E-state index contributed by atoms with van der Waals surface area (Å²) in [6, 6.07) is 2.80. The van der Waals surface area contributed by atoms with Gasteiger partial charge in [0.25, 0.3) is 0 Å². The normalized spacial score (nSPS) is 9.95. The smallest absolute Gasteiger partial charge is 0.342 e. The summed E-state index contributed by atoms with van der Waals surface area (Å²) in [4.78, 5) is 11.8. The molecule has 104 valence electrons. The van der Waals surface area contributed by atoms with Gasteiger partial charge in [-0.3, -0.25) is 0 Å². The molecule has 5 heteroatoms. The Morgan fingerprint density at radius 3 is 2.63 bits per heavy atom. The summed E-state index contributed by atoms with van der Waals surface area (Å²) >= 11 is 5.92. The Bertz CT molecular complexity index is 587. The number of esters is 1. The van der Waals surface area contributed by atoms with E-state index in [1.807, 2.05) is 13.8 Å². The molecule has 1 heterocycles. The van der Waals surface area contributed by atoms with Crippen molar-refractivity contribution in [1.82, 2.24) is 0 Å². The zero-order valence-corrected chi connectivity index (χ0v) is 12.2. The number of ether oxygens (including phenoxy) is 1. The minimum atomic E-state index is -0.481. The molecule has 1 aromatic carbocycles. The number of carbonyl (C=O) groups excluding carboxylic acids is 1. The lowest BCUT2D eigenvalue weighted by molar-refractivity contribution is 0.0526. The second-order valence-corrected chi connectivity index (χ2v) is 3.97. The first-order valence-corrected chi connectivity index (χ1v) is 6.51. The molecule has 2 aromatic rings. The van der Waals surface area contributed by atoms with Crippen molar-refractivity contribution in [3.8, 4) is 5.75 Å². The van der Waals surface area contributed by atoms with E-state index in [-0.39, 0.29) is 17.4 Å². The van der Waals surface area contributed by atoms with Crippen LogP contribution in [0.4, 0.5) is 0 Å². The molecule has 4 nitrogen and oxygen atoms in total. The van der Waals surface area contributed by atoms with E-state index < -0.39 is 5.97 Å². The maximum atomic E-state index is 11.8. The lowest BCUT2D eigenvalue weighted by Gasteiger charge is -2.00. The van der Waals surface area contributed by atoms with Gasteiger partial charge in [-0.05, 0) is 19.9 Å². The number of carbonyl (C=O) groups is 1. The van der Waals surface area contributed by atoms with Crippen molar-refractivity contribution in [2.75, 3.05) is 6.61 Å². The number of hydrogen-bond donors (Lipinski definition) is 1. The van der Waals surface area contributed by atoms with Gasteiger partial charge in [0.2, 0.25) is 0 Å². The highest BCUT2D eigenvalue weighted by atomic mass is 35.5. The molecule has 0 fully saturated rings. The van der Waals surface area contributed by atoms with E-state index in [0.717, 1.165) is 0 Å². The van der Waals surface area contributed by atoms with Crippen LogP contribution in [0.15, 0.2) is 16.5 Å². The topological polar surface area (TPSA) is 59.7 Å². The number of benzene rings is 1. The highest BCUT2D eigenvalue weighted by Gasteiger charge is 2.21. The highest BCUT2D eigenvalue weighted by molar-refractivity contribution is 6.35. The van der Waals surface area contributed by atoms with Crippen molar-refractivity contribution >= 4 is 28.5 Å². The van der Waals surface area contributed by atoms with Crippen LogP contribution >= 0.6 is 11.6 Å². The summed E-state index contributed by atoms with van der Waals surface area (Å²) in [6.45, 7) is 7.65. The summed E-state index contributed by atoms with van der Waals surface area (Å²) in [7, 11) is 0. The zero-order valence-electron chi connectivity index (χ0n) is 11.4. The van der Waals surface area contributed by atoms with Gasteiger partial charge in [-0.25, -0.2) is 4.79 Å². The SMILES string of the molecule is CC.CCOC(=O)c1c(C)oc2c(Cl)cc(O)cc12. The molecule has 0 atom stereocenters. The molecule has 0 amide bonds. The van der Waals surface area contributed by atoms with Crippen LogP contribution in [0.5, 0.6) is 5.75 Å². The molecule has 2 rings (SSSR count). The second kappa shape index (κ2) is 6.48. The number of aromatic hydroxyl groups is 1. The van der Waals surface area contributed by atoms with Crippen LogP contribution in [0.25, 0.3) is 11.0 Å². The van der Waals surface area contributed by atoms with Gasteiger partial charge in [0.15, 0.2) is 5.58 Å². The van der Waals surface area contributed by atoms with Gasteiger partial charge in [-0.2, -0.15) is 0 Å². The van der Waals surface area contributed by atoms with Crippen molar-refractivity contribution in [2.24, 2.45) is 0 Å². The van der Waals surface area contributed by atoms with E-state index in [9.17, 15) is 9.90 Å². The van der Waals surface area contributed by atoms with Crippen LogP contribution in [-0.2, 0) is 4.74 Å². The summed E-state index contributed by atoms with van der Waals surface area (Å²) in [5, 5.41) is 10.2. The number of phenolic OH excluding ortho intramolecular Hbond substituents is 1. The Hall–Kier alpha value is -1.68. The number of aryl methyl sites for hydroxylation is 1. The molecule has 1 aromatic heterocycles. The van der Waals surface area contributed by atoms with Crippen LogP contribution in [0, 0.1) is 6.92 Å². The van der Waals surface area contributed by atoms with Crippen LogP contribution in [0.2, 0.25) is 5.02 Å². The molecule has 0 aliphatic rings. The predicted molar refractivity (Wildman–Crippen MR) is 74.9 cm³/mol. The molecule has 0 aliphatic heterocycles. The lowest BCUT2D eigenvalue weighted by atomic mass is 10.1. The fourth-order valence-electron chi connectivity index (χ4n) is 1.72. The Labute approximate surface area is 116 Å². The van der Waals surface area contributed by atoms with E-state index in [2.05, 4.69) is 0 Å². The van der Waals surface area contributed by atoms with Gasteiger partial charge in [-0.1, -0.05) is 25.4 Å². The maximum Gasteiger partial charge on any atom is 0.342 e. The largest absolute Gasteiger partial charge is 0.508 e. The molecule has 0 bridgehead atoms. The molecule has 0 saturated heterocycles. The average Bonchev–Trinajstić information content (AvgIpc) is 2.69. The maximum absolute atomic E-state index is 11.8. The monoisotopic (exact) mass is 284 g/mol. The van der Waals surface area contributed by atoms with Crippen molar-refractivity contribution in [1.29, 1.82) is 0 Å². The summed E-state index contributed by atoms with van der Waals surface area (Å²) in [5.74, 6) is -0.0785. The summed E-state index contributed by atoms with van der Waals surface area (Å²) < 4.78 is 10.3. The molecular formula is C14H17ClO4. The van der Waals surface area contributed by atoms with Crippen LogP contribution in [-0.4, -0.2) is 17.7 Å². The third-order valence-electron chi connectivity index (χ3n) is 2.38. The van der Waals surface area contributed by atoms with E-state index in [1.165, 1.54) is 12.1 Å². The van der Waals surface area contributed by atoms with Crippen LogP contribution in [0.1, 0.15) is 36.9 Å². The number of phenols is 1. The number of fused-ring (bicyclic) bond motifs is 1. The fraction of sp³-hybridized carbons (Fsp3) is 0.357. The van der Waals surface area contributed by atoms with E-state index in [0.29, 0.717) is 22.3 Å². The number of halogens is 1. The Morgan fingerprint density at radius 1 is 1.42 bits per heavy atom. The zero-order chi connectivity index (χ0) is 14.6. The van der Waals surface area contributed by atoms with Gasteiger partial charge < -0.3 is 14.3 Å². The van der Waals surface area contributed by atoms with Gasteiger partial charge in [-0.15, -0.1) is 0 Å². The van der Waals surface area contributed by atoms with Crippen LogP contribution in [0.3, 0.4) is 0 Å².